The van der Waals surface area contributed by atoms with Crippen LogP contribution in [0.3, 0.4) is 0 Å². The van der Waals surface area contributed by atoms with Crippen molar-refractivity contribution in [2.45, 2.75) is 0 Å². The zero-order valence-corrected chi connectivity index (χ0v) is 12.7. The van der Waals surface area contributed by atoms with Gasteiger partial charge in [0.25, 0.3) is 0 Å². The number of anilines is 2. The maximum Gasteiger partial charge on any atom is 0.144 e. The molecular weight excluding hydrogens is 332 g/mol. The number of ether oxygens (including phenoxy) is 2. The van der Waals surface area contributed by atoms with Crippen LogP contribution in [-0.4, -0.2) is 19.2 Å². The summed E-state index contributed by atoms with van der Waals surface area (Å²) in [5, 5.41) is 3.74. The first-order valence-corrected chi connectivity index (χ1v) is 6.61. The lowest BCUT2D eigenvalue weighted by atomic mass is 10.2. The lowest BCUT2D eigenvalue weighted by Gasteiger charge is -2.13. The van der Waals surface area contributed by atoms with Gasteiger partial charge in [0.05, 0.1) is 29.4 Å². The molecule has 0 atom stereocenters. The van der Waals surface area contributed by atoms with Crippen molar-refractivity contribution >= 4 is 39.0 Å². The average molecular weight is 344 g/mol. The number of benzene rings is 1. The van der Waals surface area contributed by atoms with Gasteiger partial charge >= 0.3 is 0 Å². The number of aromatic nitrogens is 1. The Balaban J connectivity index is 2.36. The van der Waals surface area contributed by atoms with E-state index in [2.05, 4.69) is 26.2 Å². The summed E-state index contributed by atoms with van der Waals surface area (Å²) in [7, 11) is 3.22. The molecule has 0 spiro atoms. The third-order valence-electron chi connectivity index (χ3n) is 2.47. The first-order chi connectivity index (χ1) is 9.13. The van der Waals surface area contributed by atoms with Crippen LogP contribution in [0.1, 0.15) is 0 Å². The Morgan fingerprint density at radius 1 is 1.21 bits per heavy atom. The highest BCUT2D eigenvalue weighted by Crippen LogP contribution is 2.33. The molecule has 0 bridgehead atoms. The molecule has 1 aromatic carbocycles. The van der Waals surface area contributed by atoms with E-state index in [9.17, 15) is 0 Å². The van der Waals surface area contributed by atoms with Gasteiger partial charge in [-0.3, -0.25) is 0 Å². The summed E-state index contributed by atoms with van der Waals surface area (Å²) < 4.78 is 11.3. The Bertz CT molecular complexity index is 593. The monoisotopic (exact) mass is 342 g/mol. The van der Waals surface area contributed by atoms with Crippen LogP contribution < -0.4 is 14.8 Å². The van der Waals surface area contributed by atoms with E-state index in [1.54, 1.807) is 26.5 Å². The Labute approximate surface area is 124 Å². The maximum atomic E-state index is 5.86. The third-order valence-corrected chi connectivity index (χ3v) is 3.28. The molecule has 1 aromatic heterocycles. The fourth-order valence-electron chi connectivity index (χ4n) is 1.55. The van der Waals surface area contributed by atoms with Crippen molar-refractivity contribution in [3.05, 3.63) is 40.0 Å². The van der Waals surface area contributed by atoms with E-state index < -0.39 is 0 Å². The number of halogens is 2. The van der Waals surface area contributed by atoms with Crippen molar-refractivity contribution in [2.75, 3.05) is 19.5 Å². The molecule has 0 saturated carbocycles. The molecule has 2 aromatic rings. The number of nitrogens with zero attached hydrogens (tertiary/aromatic N) is 1. The molecule has 0 amide bonds. The molecule has 4 nitrogen and oxygen atoms in total. The first kappa shape index (κ1) is 14.0. The summed E-state index contributed by atoms with van der Waals surface area (Å²) in [6.07, 6.45) is 1.57. The highest BCUT2D eigenvalue weighted by molar-refractivity contribution is 9.10. The van der Waals surface area contributed by atoms with Gasteiger partial charge in [0.2, 0.25) is 0 Å². The SMILES string of the molecule is COc1ccc(OC)c(Nc2ncc(Cl)cc2Br)c1. The molecule has 2 rings (SSSR count). The van der Waals surface area contributed by atoms with Crippen LogP contribution in [0.5, 0.6) is 11.5 Å². The quantitative estimate of drug-likeness (QED) is 0.901. The Hall–Kier alpha value is -1.46. The molecule has 1 heterocycles. The van der Waals surface area contributed by atoms with Crippen LogP contribution in [0.25, 0.3) is 0 Å². The van der Waals surface area contributed by atoms with Crippen molar-refractivity contribution in [2.24, 2.45) is 0 Å². The van der Waals surface area contributed by atoms with Gasteiger partial charge in [-0.05, 0) is 34.1 Å². The van der Waals surface area contributed by atoms with Crippen LogP contribution in [-0.2, 0) is 0 Å². The van der Waals surface area contributed by atoms with E-state index in [1.807, 2.05) is 18.2 Å². The van der Waals surface area contributed by atoms with Crippen LogP contribution in [0.2, 0.25) is 5.02 Å². The Kier molecular flexibility index (Phi) is 4.50. The van der Waals surface area contributed by atoms with Crippen molar-refractivity contribution in [1.82, 2.24) is 4.98 Å². The van der Waals surface area contributed by atoms with E-state index in [1.165, 1.54) is 0 Å². The second-order valence-electron chi connectivity index (χ2n) is 3.68. The molecule has 19 heavy (non-hydrogen) atoms. The summed E-state index contributed by atoms with van der Waals surface area (Å²) in [6, 6.07) is 7.25. The second kappa shape index (κ2) is 6.12. The number of methoxy groups -OCH3 is 2. The lowest BCUT2D eigenvalue weighted by Crippen LogP contribution is -1.98. The Morgan fingerprint density at radius 3 is 2.63 bits per heavy atom. The predicted molar refractivity (Wildman–Crippen MR) is 79.8 cm³/mol. The molecule has 0 radical (unpaired) electrons. The zero-order chi connectivity index (χ0) is 13.8. The van der Waals surface area contributed by atoms with Crippen molar-refractivity contribution in [3.63, 3.8) is 0 Å². The van der Waals surface area contributed by atoms with Gasteiger partial charge in [-0.25, -0.2) is 4.98 Å². The highest BCUT2D eigenvalue weighted by Gasteiger charge is 2.08. The van der Waals surface area contributed by atoms with Gasteiger partial charge in [-0.1, -0.05) is 11.6 Å². The predicted octanol–water partition coefficient (Wildman–Crippen LogP) is 4.26. The van der Waals surface area contributed by atoms with Crippen LogP contribution in [0.4, 0.5) is 11.5 Å². The van der Waals surface area contributed by atoms with Crippen molar-refractivity contribution in [1.29, 1.82) is 0 Å². The lowest BCUT2D eigenvalue weighted by molar-refractivity contribution is 0.405. The molecule has 0 aliphatic rings. The van der Waals surface area contributed by atoms with Crippen LogP contribution in [0, 0.1) is 0 Å². The number of hydrogen-bond donors (Lipinski definition) is 1. The summed E-state index contributed by atoms with van der Waals surface area (Å²) in [4.78, 5) is 4.22. The average Bonchev–Trinajstić information content (AvgIpc) is 2.41. The molecule has 1 N–H and O–H groups in total. The van der Waals surface area contributed by atoms with Gasteiger partial charge < -0.3 is 14.8 Å². The summed E-state index contributed by atoms with van der Waals surface area (Å²) in [6.45, 7) is 0. The minimum atomic E-state index is 0.565. The van der Waals surface area contributed by atoms with Crippen molar-refractivity contribution in [3.8, 4) is 11.5 Å². The zero-order valence-electron chi connectivity index (χ0n) is 10.4. The molecule has 0 unspecified atom stereocenters. The highest BCUT2D eigenvalue weighted by atomic mass is 79.9. The maximum absolute atomic E-state index is 5.86. The Morgan fingerprint density at radius 2 is 2.00 bits per heavy atom. The summed E-state index contributed by atoms with van der Waals surface area (Å²) in [5.74, 6) is 2.08. The minimum absolute atomic E-state index is 0.565. The van der Waals surface area contributed by atoms with E-state index >= 15 is 0 Å². The molecular formula is C13H12BrClN2O2. The molecule has 0 fully saturated rings. The molecule has 100 valence electrons. The third kappa shape index (κ3) is 3.30. The fourth-order valence-corrected chi connectivity index (χ4v) is 2.28. The smallest absolute Gasteiger partial charge is 0.144 e. The number of nitrogens with one attached hydrogen (secondary N) is 1. The first-order valence-electron chi connectivity index (χ1n) is 5.44. The molecule has 0 aliphatic heterocycles. The van der Waals surface area contributed by atoms with Gasteiger partial charge in [-0.2, -0.15) is 0 Å². The van der Waals surface area contributed by atoms with E-state index in [4.69, 9.17) is 21.1 Å². The number of pyridine rings is 1. The van der Waals surface area contributed by atoms with E-state index in [0.717, 1.165) is 15.9 Å². The van der Waals surface area contributed by atoms with E-state index in [0.29, 0.717) is 16.6 Å². The van der Waals surface area contributed by atoms with Crippen LogP contribution in [0.15, 0.2) is 34.9 Å². The summed E-state index contributed by atoms with van der Waals surface area (Å²) in [5.41, 5.74) is 0.761. The standard InChI is InChI=1S/C13H12BrClN2O2/c1-18-9-3-4-12(19-2)11(6-9)17-13-10(14)5-8(15)7-16-13/h3-7H,1-2H3,(H,16,17). The molecule has 6 heteroatoms. The topological polar surface area (TPSA) is 43.4 Å². The summed E-state index contributed by atoms with van der Waals surface area (Å²) >= 11 is 9.27. The van der Waals surface area contributed by atoms with Crippen LogP contribution >= 0.6 is 27.5 Å². The van der Waals surface area contributed by atoms with E-state index in [-0.39, 0.29) is 0 Å². The van der Waals surface area contributed by atoms with Crippen molar-refractivity contribution < 1.29 is 9.47 Å². The van der Waals surface area contributed by atoms with Gasteiger partial charge in [0.15, 0.2) is 0 Å². The van der Waals surface area contributed by atoms with Gasteiger partial charge in [0, 0.05) is 12.3 Å². The van der Waals surface area contributed by atoms with Gasteiger partial charge in [-0.15, -0.1) is 0 Å². The molecule has 0 saturated heterocycles. The molecule has 0 aliphatic carbocycles. The largest absolute Gasteiger partial charge is 0.497 e. The van der Waals surface area contributed by atoms with Gasteiger partial charge in [0.1, 0.15) is 17.3 Å². The second-order valence-corrected chi connectivity index (χ2v) is 4.97. The number of hydrogen-bond acceptors (Lipinski definition) is 4. The number of rotatable bonds is 4. The minimum Gasteiger partial charge on any atom is -0.497 e. The fraction of sp³-hybridized carbons (Fsp3) is 0.154. The normalized spacial score (nSPS) is 10.1.